The van der Waals surface area contributed by atoms with Gasteiger partial charge in [-0.15, -0.1) is 0 Å². The van der Waals surface area contributed by atoms with E-state index in [0.29, 0.717) is 23.4 Å². The number of aliphatic hydroxyl groups excluding tert-OH is 1. The molecule has 0 spiro atoms. The second-order valence-corrected chi connectivity index (χ2v) is 7.79. The van der Waals surface area contributed by atoms with Crippen LogP contribution in [-0.2, 0) is 6.42 Å². The lowest BCUT2D eigenvalue weighted by Gasteiger charge is -2.19. The number of hydrogen-bond donors (Lipinski definition) is 3. The van der Waals surface area contributed by atoms with E-state index in [9.17, 15) is 4.79 Å². The van der Waals surface area contributed by atoms with Gasteiger partial charge in [0.05, 0.1) is 11.7 Å². The molecule has 6 N–H and O–H groups in total. The first-order chi connectivity index (χ1) is 17.0. The summed E-state index contributed by atoms with van der Waals surface area (Å²) in [6.07, 6.45) is 4.09. The summed E-state index contributed by atoms with van der Waals surface area (Å²) in [6.45, 7) is 4.24. The molecule has 3 aromatic carbocycles. The second-order valence-electron chi connectivity index (χ2n) is 7.79. The normalized spacial score (nSPS) is 10.8. The predicted molar refractivity (Wildman–Crippen MR) is 143 cm³/mol. The third kappa shape index (κ3) is 7.08. The molecule has 1 atom stereocenters. The summed E-state index contributed by atoms with van der Waals surface area (Å²) in [7, 11) is 1.00. The SMILES string of the molecule is CO.Cc1ccccc1C.NC(=O)N[C@@H](Cc1ccccc1)c1nccn1-c1ccc2ooc2c1.O.[HH].[HH]. The minimum Gasteiger partial charge on any atom is -0.412 e. The highest BCUT2D eigenvalue weighted by molar-refractivity contribution is 5.74. The highest BCUT2D eigenvalue weighted by Gasteiger charge is 2.20. The Labute approximate surface area is 212 Å². The van der Waals surface area contributed by atoms with E-state index >= 15 is 0 Å². The van der Waals surface area contributed by atoms with Gasteiger partial charge in [0.1, 0.15) is 5.82 Å². The fourth-order valence-electron chi connectivity index (χ4n) is 3.52. The zero-order chi connectivity index (χ0) is 25.2. The Morgan fingerprint density at radius 3 is 2.14 bits per heavy atom. The van der Waals surface area contributed by atoms with Crippen LogP contribution < -0.4 is 11.1 Å². The topological polar surface area (TPSA) is 151 Å². The standard InChI is InChI=1S/C18H16N4O3.C8H10.CH4O.H2O.2H2/c19-18(23)21-14(10-12-4-2-1-3-5-12)17-20-8-9-22(17)13-6-7-15-16(11-13)25-24-15;1-7-5-3-4-6-8(7)2;1-2;;;/h1-9,11,14H,10H2,(H3,19,21,23);3-6H,1-2H3;2H,1H3;1H2;2*1H/t14-;;;;;/m0...../s1. The number of rotatable bonds is 5. The van der Waals surface area contributed by atoms with Crippen molar-refractivity contribution in [3.8, 4) is 5.69 Å². The molecule has 0 aliphatic rings. The van der Waals surface area contributed by atoms with Crippen molar-refractivity contribution < 1.29 is 27.4 Å². The molecule has 0 unspecified atom stereocenters. The number of urea groups is 1. The smallest absolute Gasteiger partial charge is 0.312 e. The first-order valence-corrected chi connectivity index (χ1v) is 11.1. The maximum absolute atomic E-state index is 11.5. The third-order valence-corrected chi connectivity index (χ3v) is 5.43. The van der Waals surface area contributed by atoms with Crippen molar-refractivity contribution in [1.29, 1.82) is 0 Å². The first kappa shape index (κ1) is 27.9. The van der Waals surface area contributed by atoms with Gasteiger partial charge in [0.2, 0.25) is 11.2 Å². The summed E-state index contributed by atoms with van der Waals surface area (Å²) in [5.74, 6) is 0.683. The van der Waals surface area contributed by atoms with Gasteiger partial charge in [0.15, 0.2) is 0 Å². The molecule has 9 heteroatoms. The van der Waals surface area contributed by atoms with Crippen LogP contribution in [0.2, 0.25) is 0 Å². The fraction of sp³-hybridized carbons (Fsp3) is 0.185. The van der Waals surface area contributed by atoms with Gasteiger partial charge in [-0.2, -0.15) is 0 Å². The average molecular weight is 497 g/mol. The van der Waals surface area contributed by atoms with Crippen LogP contribution in [0, 0.1) is 13.8 Å². The molecule has 0 bridgehead atoms. The molecule has 5 aromatic rings. The number of hydrogen-bond acceptors (Lipinski definition) is 5. The molecule has 0 aliphatic carbocycles. The van der Waals surface area contributed by atoms with Crippen LogP contribution in [0.25, 0.3) is 16.9 Å². The van der Waals surface area contributed by atoms with Crippen molar-refractivity contribution in [2.24, 2.45) is 5.73 Å². The van der Waals surface area contributed by atoms with Crippen molar-refractivity contribution in [2.75, 3.05) is 7.11 Å². The number of fused-ring (bicyclic) bond motifs is 1. The molecule has 2 heterocycles. The van der Waals surface area contributed by atoms with E-state index in [1.165, 1.54) is 11.1 Å². The molecule has 9 nitrogen and oxygen atoms in total. The molecule has 0 saturated heterocycles. The van der Waals surface area contributed by atoms with Gasteiger partial charge >= 0.3 is 6.03 Å². The summed E-state index contributed by atoms with van der Waals surface area (Å²) in [5, 5.41) is 9.78. The lowest BCUT2D eigenvalue weighted by molar-refractivity contribution is 0.0589. The Hall–Kier alpha value is -4.34. The molecule has 2 amide bonds. The van der Waals surface area contributed by atoms with Crippen molar-refractivity contribution >= 4 is 17.2 Å². The molecule has 36 heavy (non-hydrogen) atoms. The van der Waals surface area contributed by atoms with Crippen LogP contribution in [0.3, 0.4) is 0 Å². The number of primary amides is 1. The van der Waals surface area contributed by atoms with Crippen molar-refractivity contribution in [2.45, 2.75) is 26.3 Å². The number of aromatic nitrogens is 2. The monoisotopic (exact) mass is 496 g/mol. The van der Waals surface area contributed by atoms with Crippen LogP contribution in [0.15, 0.2) is 94.3 Å². The van der Waals surface area contributed by atoms with Crippen molar-refractivity contribution in [3.05, 3.63) is 108 Å². The third-order valence-electron chi connectivity index (χ3n) is 5.43. The van der Waals surface area contributed by atoms with E-state index < -0.39 is 6.03 Å². The number of aliphatic hydroxyl groups is 1. The number of carbonyl (C=O) groups is 1. The van der Waals surface area contributed by atoms with Crippen molar-refractivity contribution in [1.82, 2.24) is 14.9 Å². The number of aryl methyl sites for hydroxylation is 2. The van der Waals surface area contributed by atoms with E-state index in [-0.39, 0.29) is 14.4 Å². The first-order valence-electron chi connectivity index (χ1n) is 11.1. The molecule has 194 valence electrons. The van der Waals surface area contributed by atoms with Crippen LogP contribution in [-0.4, -0.2) is 33.3 Å². The van der Waals surface area contributed by atoms with E-state index in [0.717, 1.165) is 18.4 Å². The Morgan fingerprint density at radius 1 is 1.00 bits per heavy atom. The Morgan fingerprint density at radius 2 is 1.61 bits per heavy atom. The maximum Gasteiger partial charge on any atom is 0.312 e. The highest BCUT2D eigenvalue weighted by Crippen LogP contribution is 2.25. The predicted octanol–water partition coefficient (Wildman–Crippen LogP) is 4.74. The van der Waals surface area contributed by atoms with Gasteiger partial charge in [-0.1, -0.05) is 54.6 Å². The van der Waals surface area contributed by atoms with Gasteiger partial charge in [-0.05, 0) is 49.1 Å². The Balaban J connectivity index is 0.000000906. The number of benzene rings is 3. The molecule has 0 saturated carbocycles. The van der Waals surface area contributed by atoms with Gasteiger partial charge in [0.25, 0.3) is 0 Å². The minimum absolute atomic E-state index is 0. The fourth-order valence-corrected chi connectivity index (χ4v) is 3.52. The lowest BCUT2D eigenvalue weighted by atomic mass is 10.1. The summed E-state index contributed by atoms with van der Waals surface area (Å²) in [6, 6.07) is 22.8. The van der Waals surface area contributed by atoms with Gasteiger partial charge in [0, 0.05) is 28.4 Å². The van der Waals surface area contributed by atoms with E-state index in [2.05, 4.69) is 48.4 Å². The number of nitrogens with one attached hydrogen (secondary N) is 1. The van der Waals surface area contributed by atoms with Crippen molar-refractivity contribution in [3.63, 3.8) is 0 Å². The molecular weight excluding hydrogens is 460 g/mol. The highest BCUT2D eigenvalue weighted by atomic mass is 17.0. The second kappa shape index (κ2) is 13.5. The van der Waals surface area contributed by atoms with Crippen LogP contribution >= 0.6 is 0 Å². The summed E-state index contributed by atoms with van der Waals surface area (Å²) >= 11 is 0. The Kier molecular flexibility index (Phi) is 10.5. The number of nitrogens with two attached hydrogens (primary N) is 1. The number of carbonyl (C=O) groups excluding carboxylic acids is 1. The maximum atomic E-state index is 11.5. The molecule has 0 radical (unpaired) electrons. The average Bonchev–Trinajstić information content (AvgIpc) is 3.34. The number of nitrogens with zero attached hydrogens (tertiary/aromatic N) is 2. The van der Waals surface area contributed by atoms with E-state index in [1.807, 2.05) is 59.3 Å². The van der Waals surface area contributed by atoms with Gasteiger partial charge in [-0.3, -0.25) is 9.15 Å². The summed E-state index contributed by atoms with van der Waals surface area (Å²) in [5.41, 5.74) is 11.4. The van der Waals surface area contributed by atoms with Crippen LogP contribution in [0.5, 0.6) is 0 Å². The van der Waals surface area contributed by atoms with Gasteiger partial charge in [-0.25, -0.2) is 9.78 Å². The molecule has 5 rings (SSSR count). The minimum atomic E-state index is -0.593. The van der Waals surface area contributed by atoms with Crippen LogP contribution in [0.1, 0.15) is 31.4 Å². The Bertz CT molecular complexity index is 1330. The molecule has 2 aromatic heterocycles. The molecular formula is C27H36N4O5. The number of imidazole rings is 1. The van der Waals surface area contributed by atoms with Gasteiger partial charge < -0.3 is 26.2 Å². The zero-order valence-electron chi connectivity index (χ0n) is 20.5. The van der Waals surface area contributed by atoms with E-state index in [4.69, 9.17) is 20.0 Å². The molecule has 0 fully saturated rings. The van der Waals surface area contributed by atoms with E-state index in [1.54, 1.807) is 6.20 Å². The van der Waals surface area contributed by atoms with Crippen LogP contribution in [0.4, 0.5) is 4.79 Å². The summed E-state index contributed by atoms with van der Waals surface area (Å²) < 4.78 is 11.7. The molecule has 0 aliphatic heterocycles. The quantitative estimate of drug-likeness (QED) is 0.300. The zero-order valence-corrected chi connectivity index (χ0v) is 20.5. The summed E-state index contributed by atoms with van der Waals surface area (Å²) in [4.78, 5) is 15.9. The largest absolute Gasteiger partial charge is 0.412 e. The number of amides is 2. The lowest BCUT2D eigenvalue weighted by Crippen LogP contribution is -2.35.